The summed E-state index contributed by atoms with van der Waals surface area (Å²) in [6.45, 7) is 3.50. The number of ether oxygens (including phenoxy) is 1. The van der Waals surface area contributed by atoms with Gasteiger partial charge in [0, 0.05) is 32.2 Å². The van der Waals surface area contributed by atoms with Crippen molar-refractivity contribution < 1.29 is 22.4 Å². The van der Waals surface area contributed by atoms with Crippen molar-refractivity contribution in [3.63, 3.8) is 0 Å². The molecule has 0 spiro atoms. The lowest BCUT2D eigenvalue weighted by Gasteiger charge is -2.25. The van der Waals surface area contributed by atoms with E-state index in [-0.39, 0.29) is 16.4 Å². The Bertz CT molecular complexity index is 572. The van der Waals surface area contributed by atoms with Crippen molar-refractivity contribution in [2.45, 2.75) is 12.0 Å². The monoisotopic (exact) mass is 288 g/mol. The topological polar surface area (TPSA) is 88.9 Å². The lowest BCUT2D eigenvalue weighted by atomic mass is 10.3. The maximum atomic E-state index is 12.3. The molecule has 0 amide bonds. The number of nitrogens with one attached hydrogen (secondary N) is 1. The Hall–Kier alpha value is -1.38. The fourth-order valence-corrected chi connectivity index (χ4v) is 3.32. The molecule has 1 saturated heterocycles. The number of furan rings is 1. The number of sulfonamides is 1. The first kappa shape index (κ1) is 14.0. The first-order valence-electron chi connectivity index (χ1n) is 5.86. The van der Waals surface area contributed by atoms with Crippen molar-refractivity contribution >= 4 is 16.0 Å². The molecule has 106 valence electrons. The van der Waals surface area contributed by atoms with E-state index in [1.54, 1.807) is 0 Å². The van der Waals surface area contributed by atoms with E-state index in [0.29, 0.717) is 26.2 Å². The SMILES string of the molecule is COC(=O)c1cc(S(=O)(=O)N2CCNCC2)oc1C. The molecule has 1 aromatic rings. The number of methoxy groups -OCH3 is 1. The zero-order valence-corrected chi connectivity index (χ0v) is 11.6. The van der Waals surface area contributed by atoms with Gasteiger partial charge in [-0.3, -0.25) is 0 Å². The third-order valence-corrected chi connectivity index (χ3v) is 4.73. The van der Waals surface area contributed by atoms with Gasteiger partial charge in [0.2, 0.25) is 5.09 Å². The molecular formula is C11H16N2O5S. The van der Waals surface area contributed by atoms with E-state index in [9.17, 15) is 13.2 Å². The Morgan fingerprint density at radius 2 is 2.05 bits per heavy atom. The van der Waals surface area contributed by atoms with Crippen LogP contribution in [-0.4, -0.2) is 52.0 Å². The molecule has 2 rings (SSSR count). The van der Waals surface area contributed by atoms with Crippen LogP contribution in [0.2, 0.25) is 0 Å². The van der Waals surface area contributed by atoms with Crippen LogP contribution < -0.4 is 5.32 Å². The molecule has 0 saturated carbocycles. The highest BCUT2D eigenvalue weighted by Gasteiger charge is 2.31. The van der Waals surface area contributed by atoms with Crippen molar-refractivity contribution in [1.82, 2.24) is 9.62 Å². The highest BCUT2D eigenvalue weighted by atomic mass is 32.2. The zero-order chi connectivity index (χ0) is 14.0. The summed E-state index contributed by atoms with van der Waals surface area (Å²) < 4.78 is 35.7. The summed E-state index contributed by atoms with van der Waals surface area (Å²) in [6.07, 6.45) is 0. The fourth-order valence-electron chi connectivity index (χ4n) is 1.91. The number of esters is 1. The van der Waals surface area contributed by atoms with Crippen molar-refractivity contribution in [2.24, 2.45) is 0 Å². The fraction of sp³-hybridized carbons (Fsp3) is 0.545. The normalized spacial score (nSPS) is 17.4. The van der Waals surface area contributed by atoms with Crippen LogP contribution in [0, 0.1) is 6.92 Å². The largest absolute Gasteiger partial charge is 0.465 e. The summed E-state index contributed by atoms with van der Waals surface area (Å²) in [6, 6.07) is 1.22. The van der Waals surface area contributed by atoms with Crippen molar-refractivity contribution in [2.75, 3.05) is 33.3 Å². The van der Waals surface area contributed by atoms with Crippen LogP contribution >= 0.6 is 0 Å². The van der Waals surface area contributed by atoms with Crippen LogP contribution in [0.4, 0.5) is 0 Å². The van der Waals surface area contributed by atoms with Gasteiger partial charge in [-0.15, -0.1) is 0 Å². The Labute approximate surface area is 111 Å². The second-order valence-electron chi connectivity index (χ2n) is 4.18. The lowest BCUT2D eigenvalue weighted by Crippen LogP contribution is -2.46. The Kier molecular flexibility index (Phi) is 3.93. The van der Waals surface area contributed by atoms with Gasteiger partial charge in [-0.05, 0) is 6.92 Å². The van der Waals surface area contributed by atoms with E-state index < -0.39 is 16.0 Å². The van der Waals surface area contributed by atoms with Crippen molar-refractivity contribution in [3.05, 3.63) is 17.4 Å². The number of aryl methyl sites for hydroxylation is 1. The predicted molar refractivity (Wildman–Crippen MR) is 66.4 cm³/mol. The minimum Gasteiger partial charge on any atom is -0.465 e. The second-order valence-corrected chi connectivity index (χ2v) is 6.05. The van der Waals surface area contributed by atoms with Gasteiger partial charge in [0.05, 0.1) is 7.11 Å². The number of carbonyl (C=O) groups is 1. The highest BCUT2D eigenvalue weighted by Crippen LogP contribution is 2.23. The predicted octanol–water partition coefficient (Wildman–Crippen LogP) is -0.0315. The number of hydrogen-bond donors (Lipinski definition) is 1. The van der Waals surface area contributed by atoms with Crippen molar-refractivity contribution in [1.29, 1.82) is 0 Å². The summed E-state index contributed by atoms with van der Waals surface area (Å²) in [7, 11) is -2.45. The summed E-state index contributed by atoms with van der Waals surface area (Å²) in [5, 5.41) is 2.86. The van der Waals surface area contributed by atoms with Crippen LogP contribution in [0.3, 0.4) is 0 Å². The molecule has 0 aromatic carbocycles. The first-order valence-corrected chi connectivity index (χ1v) is 7.30. The van der Waals surface area contributed by atoms with Gasteiger partial charge in [-0.1, -0.05) is 0 Å². The number of nitrogens with zero attached hydrogens (tertiary/aromatic N) is 1. The van der Waals surface area contributed by atoms with Gasteiger partial charge < -0.3 is 14.5 Å². The van der Waals surface area contributed by atoms with Gasteiger partial charge in [0.25, 0.3) is 10.0 Å². The lowest BCUT2D eigenvalue weighted by molar-refractivity contribution is 0.0599. The van der Waals surface area contributed by atoms with Crippen LogP contribution in [0.1, 0.15) is 16.1 Å². The molecule has 1 fully saturated rings. The van der Waals surface area contributed by atoms with Crippen LogP contribution in [0.5, 0.6) is 0 Å². The van der Waals surface area contributed by atoms with Gasteiger partial charge in [0.15, 0.2) is 0 Å². The molecule has 1 aromatic heterocycles. The molecule has 0 bridgehead atoms. The molecule has 0 unspecified atom stereocenters. The minimum atomic E-state index is -3.69. The summed E-state index contributed by atoms with van der Waals surface area (Å²) in [4.78, 5) is 11.5. The van der Waals surface area contributed by atoms with E-state index in [0.717, 1.165) is 0 Å². The standard InChI is InChI=1S/C11H16N2O5S/c1-8-9(11(14)17-2)7-10(18-8)19(15,16)13-5-3-12-4-6-13/h7,12H,3-6H2,1-2H3. The molecule has 0 atom stereocenters. The summed E-state index contributed by atoms with van der Waals surface area (Å²) >= 11 is 0. The quantitative estimate of drug-likeness (QED) is 0.786. The maximum Gasteiger partial charge on any atom is 0.341 e. The zero-order valence-electron chi connectivity index (χ0n) is 10.8. The average molecular weight is 288 g/mol. The van der Waals surface area contributed by atoms with E-state index in [4.69, 9.17) is 4.42 Å². The number of carbonyl (C=O) groups excluding carboxylic acids is 1. The van der Waals surface area contributed by atoms with E-state index >= 15 is 0 Å². The molecule has 1 aliphatic heterocycles. The average Bonchev–Trinajstić information content (AvgIpc) is 2.81. The summed E-state index contributed by atoms with van der Waals surface area (Å²) in [5.74, 6) is -0.372. The molecule has 2 heterocycles. The van der Waals surface area contributed by atoms with Gasteiger partial charge in [0.1, 0.15) is 11.3 Å². The molecule has 0 radical (unpaired) electrons. The third kappa shape index (κ3) is 2.65. The molecule has 8 heteroatoms. The Balaban J connectivity index is 2.33. The summed E-state index contributed by atoms with van der Waals surface area (Å²) in [5.41, 5.74) is 0.135. The molecule has 1 N–H and O–H groups in total. The molecule has 0 aliphatic carbocycles. The van der Waals surface area contributed by atoms with E-state index in [2.05, 4.69) is 10.1 Å². The molecular weight excluding hydrogens is 272 g/mol. The van der Waals surface area contributed by atoms with Crippen LogP contribution in [0.15, 0.2) is 15.6 Å². The smallest absolute Gasteiger partial charge is 0.341 e. The number of rotatable bonds is 3. The van der Waals surface area contributed by atoms with Crippen molar-refractivity contribution in [3.8, 4) is 0 Å². The van der Waals surface area contributed by atoms with E-state index in [1.807, 2.05) is 0 Å². The molecule has 19 heavy (non-hydrogen) atoms. The van der Waals surface area contributed by atoms with Crippen LogP contribution in [0.25, 0.3) is 0 Å². The number of piperazine rings is 1. The van der Waals surface area contributed by atoms with Gasteiger partial charge in [-0.25, -0.2) is 13.2 Å². The van der Waals surface area contributed by atoms with Crippen LogP contribution in [-0.2, 0) is 14.8 Å². The maximum absolute atomic E-state index is 12.3. The van der Waals surface area contributed by atoms with E-state index in [1.165, 1.54) is 24.4 Å². The molecule has 7 nitrogen and oxygen atoms in total. The first-order chi connectivity index (χ1) is 8.96. The Morgan fingerprint density at radius 1 is 1.42 bits per heavy atom. The van der Waals surface area contributed by atoms with Gasteiger partial charge in [-0.2, -0.15) is 4.31 Å². The Morgan fingerprint density at radius 3 is 2.63 bits per heavy atom. The molecule has 1 aliphatic rings. The minimum absolute atomic E-state index is 0.135. The van der Waals surface area contributed by atoms with Gasteiger partial charge >= 0.3 is 5.97 Å². The highest BCUT2D eigenvalue weighted by molar-refractivity contribution is 7.89. The third-order valence-electron chi connectivity index (χ3n) is 2.97. The second kappa shape index (κ2) is 5.32. The number of hydrogen-bond acceptors (Lipinski definition) is 6.